The van der Waals surface area contributed by atoms with E-state index < -0.39 is 5.54 Å². The molecule has 0 aliphatic heterocycles. The minimum absolute atomic E-state index is 0.240. The Bertz CT molecular complexity index is 749. The number of nitrogens with one attached hydrogen (secondary N) is 1. The monoisotopic (exact) mass is 283 g/mol. The van der Waals surface area contributed by atoms with Gasteiger partial charge in [-0.2, -0.15) is 10.4 Å². The van der Waals surface area contributed by atoms with E-state index in [1.54, 1.807) is 16.9 Å². The summed E-state index contributed by atoms with van der Waals surface area (Å²) in [7, 11) is 1.82. The molecule has 2 heterocycles. The first-order valence-corrected chi connectivity index (χ1v) is 7.08. The van der Waals surface area contributed by atoms with Crippen molar-refractivity contribution in [1.29, 1.82) is 5.26 Å². The van der Waals surface area contributed by atoms with Crippen LogP contribution in [0.5, 0.6) is 0 Å². The number of aromatic nitrogens is 3. The summed E-state index contributed by atoms with van der Waals surface area (Å²) in [5.41, 5.74) is 1.35. The van der Waals surface area contributed by atoms with Crippen molar-refractivity contribution in [2.45, 2.75) is 38.1 Å². The van der Waals surface area contributed by atoms with Gasteiger partial charge in [-0.1, -0.05) is 0 Å². The van der Waals surface area contributed by atoms with E-state index >= 15 is 0 Å². The minimum Gasteiger partial charge on any atom is -0.334 e. The summed E-state index contributed by atoms with van der Waals surface area (Å²) in [6.45, 7) is 1.89. The lowest BCUT2D eigenvalue weighted by Crippen LogP contribution is -2.45. The molecule has 108 valence electrons. The molecule has 0 aromatic carbocycles. The Hall–Kier alpha value is -2.42. The van der Waals surface area contributed by atoms with Crippen LogP contribution in [0.2, 0.25) is 0 Å². The van der Waals surface area contributed by atoms with Gasteiger partial charge < -0.3 is 5.32 Å². The van der Waals surface area contributed by atoms with E-state index in [4.69, 9.17) is 0 Å². The van der Waals surface area contributed by atoms with Gasteiger partial charge in [-0.3, -0.25) is 9.48 Å². The molecule has 3 rings (SSSR count). The molecule has 0 saturated heterocycles. The first-order valence-electron chi connectivity index (χ1n) is 7.08. The zero-order chi connectivity index (χ0) is 15.0. The van der Waals surface area contributed by atoms with Gasteiger partial charge in [-0.15, -0.1) is 0 Å². The predicted octanol–water partition coefficient (Wildman–Crippen LogP) is 1.84. The van der Waals surface area contributed by atoms with Gasteiger partial charge in [0.1, 0.15) is 5.54 Å². The number of carbonyl (C=O) groups excluding carboxylic acids is 1. The molecule has 0 spiro atoms. The van der Waals surface area contributed by atoms with Crippen LogP contribution >= 0.6 is 0 Å². The molecule has 6 heteroatoms. The summed E-state index contributed by atoms with van der Waals surface area (Å²) >= 11 is 0. The van der Waals surface area contributed by atoms with Crippen LogP contribution in [-0.2, 0) is 7.05 Å². The van der Waals surface area contributed by atoms with Crippen LogP contribution in [0, 0.1) is 18.3 Å². The highest BCUT2D eigenvalue weighted by atomic mass is 16.1. The van der Waals surface area contributed by atoms with E-state index in [1.807, 2.05) is 14.0 Å². The number of fused-ring (bicyclic) bond motifs is 1. The maximum Gasteiger partial charge on any atom is 0.254 e. The molecule has 2 aromatic rings. The van der Waals surface area contributed by atoms with Gasteiger partial charge in [0.15, 0.2) is 5.65 Å². The Labute approximate surface area is 122 Å². The molecule has 2 aromatic heterocycles. The predicted molar refractivity (Wildman–Crippen MR) is 77.5 cm³/mol. The quantitative estimate of drug-likeness (QED) is 0.911. The standard InChI is InChI=1S/C15H17N5O/c1-10-12-7-11(8-17-13(12)20(2)19-10)14(21)18-15(9-16)5-3-4-6-15/h7-8H,3-6H2,1-2H3,(H,18,21). The lowest BCUT2D eigenvalue weighted by Gasteiger charge is -2.21. The molecule has 1 aliphatic carbocycles. The van der Waals surface area contributed by atoms with Crippen molar-refractivity contribution >= 4 is 16.9 Å². The fourth-order valence-corrected chi connectivity index (χ4v) is 2.96. The van der Waals surface area contributed by atoms with Crippen LogP contribution in [-0.4, -0.2) is 26.2 Å². The zero-order valence-corrected chi connectivity index (χ0v) is 12.2. The van der Waals surface area contributed by atoms with Crippen LogP contribution < -0.4 is 5.32 Å². The Morgan fingerprint density at radius 1 is 1.48 bits per heavy atom. The maximum absolute atomic E-state index is 12.4. The highest BCUT2D eigenvalue weighted by Gasteiger charge is 2.35. The molecule has 1 fully saturated rings. The van der Waals surface area contributed by atoms with Gasteiger partial charge in [-0.25, -0.2) is 4.98 Å². The third-order valence-electron chi connectivity index (χ3n) is 4.15. The number of rotatable bonds is 2. The summed E-state index contributed by atoms with van der Waals surface area (Å²) in [5.74, 6) is -0.240. The van der Waals surface area contributed by atoms with Gasteiger partial charge in [-0.05, 0) is 38.7 Å². The number of hydrogen-bond donors (Lipinski definition) is 1. The van der Waals surface area contributed by atoms with Crippen LogP contribution in [0.3, 0.4) is 0 Å². The van der Waals surface area contributed by atoms with Crippen LogP contribution in [0.1, 0.15) is 41.7 Å². The van der Waals surface area contributed by atoms with E-state index in [0.29, 0.717) is 5.56 Å². The molecule has 1 saturated carbocycles. The second kappa shape index (κ2) is 4.85. The molecule has 1 N–H and O–H groups in total. The second-order valence-corrected chi connectivity index (χ2v) is 5.66. The molecule has 0 atom stereocenters. The molecule has 1 aliphatic rings. The van der Waals surface area contributed by atoms with E-state index in [1.165, 1.54) is 0 Å². The average molecular weight is 283 g/mol. The Kier molecular flexibility index (Phi) is 3.13. The Morgan fingerprint density at radius 2 is 2.19 bits per heavy atom. The summed E-state index contributed by atoms with van der Waals surface area (Å²) < 4.78 is 1.69. The Balaban J connectivity index is 1.91. The molecule has 21 heavy (non-hydrogen) atoms. The number of carbonyl (C=O) groups is 1. The number of pyridine rings is 1. The molecule has 6 nitrogen and oxygen atoms in total. The zero-order valence-electron chi connectivity index (χ0n) is 12.2. The molecule has 0 bridgehead atoms. The highest BCUT2D eigenvalue weighted by molar-refractivity contribution is 5.97. The van der Waals surface area contributed by atoms with E-state index in [-0.39, 0.29) is 5.91 Å². The summed E-state index contributed by atoms with van der Waals surface area (Å²) in [6, 6.07) is 4.05. The summed E-state index contributed by atoms with van der Waals surface area (Å²) in [6.07, 6.45) is 4.94. The van der Waals surface area contributed by atoms with Crippen molar-refractivity contribution in [3.63, 3.8) is 0 Å². The lowest BCUT2D eigenvalue weighted by molar-refractivity contribution is 0.0920. The largest absolute Gasteiger partial charge is 0.334 e. The molecule has 1 amide bonds. The fourth-order valence-electron chi connectivity index (χ4n) is 2.96. The third kappa shape index (κ3) is 2.25. The van der Waals surface area contributed by atoms with Crippen LogP contribution in [0.4, 0.5) is 0 Å². The third-order valence-corrected chi connectivity index (χ3v) is 4.15. The number of nitrogens with zero attached hydrogens (tertiary/aromatic N) is 4. The average Bonchev–Trinajstić information content (AvgIpc) is 3.05. The minimum atomic E-state index is -0.712. The maximum atomic E-state index is 12.4. The van der Waals surface area contributed by atoms with Crippen molar-refractivity contribution in [2.75, 3.05) is 0 Å². The summed E-state index contributed by atoms with van der Waals surface area (Å²) in [4.78, 5) is 16.7. The fraction of sp³-hybridized carbons (Fsp3) is 0.467. The first-order chi connectivity index (χ1) is 10.0. The van der Waals surface area contributed by atoms with E-state index in [0.717, 1.165) is 42.4 Å². The van der Waals surface area contributed by atoms with Gasteiger partial charge in [0.2, 0.25) is 0 Å². The number of aryl methyl sites for hydroxylation is 2. The molecular weight excluding hydrogens is 266 g/mol. The van der Waals surface area contributed by atoms with Crippen molar-refractivity contribution in [3.8, 4) is 6.07 Å². The molecular formula is C15H17N5O. The smallest absolute Gasteiger partial charge is 0.254 e. The molecule has 0 radical (unpaired) electrons. The lowest BCUT2D eigenvalue weighted by atomic mass is 9.99. The summed E-state index contributed by atoms with van der Waals surface area (Å²) in [5, 5.41) is 17.4. The molecule has 0 unspecified atom stereocenters. The Morgan fingerprint density at radius 3 is 2.86 bits per heavy atom. The van der Waals surface area contributed by atoms with Crippen molar-refractivity contribution < 1.29 is 4.79 Å². The second-order valence-electron chi connectivity index (χ2n) is 5.66. The van der Waals surface area contributed by atoms with Gasteiger partial charge >= 0.3 is 0 Å². The van der Waals surface area contributed by atoms with Gasteiger partial charge in [0, 0.05) is 18.6 Å². The normalized spacial score (nSPS) is 16.8. The van der Waals surface area contributed by atoms with Crippen molar-refractivity contribution in [3.05, 3.63) is 23.5 Å². The number of amides is 1. The van der Waals surface area contributed by atoms with Gasteiger partial charge in [0.05, 0.1) is 17.3 Å². The highest BCUT2D eigenvalue weighted by Crippen LogP contribution is 2.29. The number of hydrogen-bond acceptors (Lipinski definition) is 4. The van der Waals surface area contributed by atoms with Crippen molar-refractivity contribution in [2.24, 2.45) is 7.05 Å². The number of nitriles is 1. The first kappa shape index (κ1) is 13.6. The van der Waals surface area contributed by atoms with E-state index in [2.05, 4.69) is 21.5 Å². The van der Waals surface area contributed by atoms with Crippen LogP contribution in [0.25, 0.3) is 11.0 Å². The van der Waals surface area contributed by atoms with Gasteiger partial charge in [0.25, 0.3) is 5.91 Å². The van der Waals surface area contributed by atoms with Crippen LogP contribution in [0.15, 0.2) is 12.3 Å². The van der Waals surface area contributed by atoms with Crippen molar-refractivity contribution in [1.82, 2.24) is 20.1 Å². The topological polar surface area (TPSA) is 83.6 Å². The van der Waals surface area contributed by atoms with E-state index in [9.17, 15) is 10.1 Å². The SMILES string of the molecule is Cc1nn(C)c2ncc(C(=O)NC3(C#N)CCCC3)cc12.